The van der Waals surface area contributed by atoms with Crippen molar-refractivity contribution in [1.82, 2.24) is 0 Å². The Balaban J connectivity index is 1.44. The van der Waals surface area contributed by atoms with Crippen LogP contribution in [0.1, 0.15) is 422 Å². The lowest BCUT2D eigenvalue weighted by atomic mass is 9.94. The minimum Gasteiger partial charge on any atom is -0.448 e. The topological polar surface area (TPSA) is 26.8 Å². The molecule has 0 unspecified atom stereocenters. The highest BCUT2D eigenvalue weighted by atomic mass is 15.3. The van der Waals surface area contributed by atoms with Gasteiger partial charge in [0.15, 0.2) is 0 Å². The monoisotopic (exact) mass is 1190 g/mol. The molecule has 492 valence electrons. The average Bonchev–Trinajstić information content (AvgIpc) is 1.78. The number of nitrogens with zero attached hydrogens (tertiary/aromatic N) is 1. The molecule has 0 aromatic heterocycles. The molecule has 1 aliphatic heterocycles. The summed E-state index contributed by atoms with van der Waals surface area (Å²) in [7, 11) is 0. The molecule has 0 radical (unpaired) electrons. The average molecular weight is 1190 g/mol. The van der Waals surface area contributed by atoms with Crippen LogP contribution in [0.15, 0.2) is 66.3 Å². The summed E-state index contributed by atoms with van der Waals surface area (Å²) in [6, 6.07) is 17.9. The lowest BCUT2D eigenvalue weighted by Crippen LogP contribution is -2.14. The van der Waals surface area contributed by atoms with Crippen molar-refractivity contribution in [3.63, 3.8) is 0 Å². The molecule has 1 aliphatic rings. The van der Waals surface area contributed by atoms with E-state index in [1.165, 1.54) is 362 Å². The molecule has 0 amide bonds. The second kappa shape index (κ2) is 60.1. The summed E-state index contributed by atoms with van der Waals surface area (Å²) in [5.74, 6) is 24.0. The maximum absolute atomic E-state index is 9.87. The van der Waals surface area contributed by atoms with Crippen molar-refractivity contribution in [2.75, 3.05) is 0 Å². The smallest absolute Gasteiger partial charge is 0.215 e. The molecule has 0 atom stereocenters. The first-order valence-electron chi connectivity index (χ1n) is 39.1. The molecule has 0 spiro atoms. The van der Waals surface area contributed by atoms with Crippen molar-refractivity contribution in [1.29, 1.82) is 0 Å². The molecule has 0 bridgehead atoms. The van der Waals surface area contributed by atoms with E-state index >= 15 is 0 Å². The number of hydrogen-bond acceptors (Lipinski definition) is 0. The molecule has 0 aliphatic carbocycles. The molecule has 2 aromatic rings. The molecule has 2 aromatic carbocycles. The third-order valence-electron chi connectivity index (χ3n) is 19.1. The summed E-state index contributed by atoms with van der Waals surface area (Å²) < 4.78 is 1.79. The predicted molar refractivity (Wildman–Crippen MR) is 390 cm³/mol. The fourth-order valence-electron chi connectivity index (χ4n) is 13.4. The van der Waals surface area contributed by atoms with E-state index < -0.39 is 0 Å². The Morgan fingerprint density at radius 2 is 0.552 bits per heavy atom. The van der Waals surface area contributed by atoms with Gasteiger partial charge in [-0.25, -0.2) is 4.68 Å². The van der Waals surface area contributed by atoms with E-state index in [0.29, 0.717) is 0 Å². The standard InChI is InChI=1S/C85H142N2/c1-4-7-10-13-16-19-22-25-28-31-34-36-38-41-43-46-49-52-55-58-61-64-71-79-73-67-69-76-82(79)84-78-81(75-66-63-60-57-54-51-48-45-40-33-30-27-24-21-18-15-12-9-6-3)85(87(84)86)83-77-70-68-74-80(83)72-65-62-59-56-53-50-47-44-42-39-37-35-32-29-26-23-20-17-14-11-8-5-2/h67-70,73-78,86H,4-54,57,60-66,71-72H2,1-3H3. The molecule has 0 saturated heterocycles. The van der Waals surface area contributed by atoms with E-state index in [4.69, 9.17) is 0 Å². The first-order chi connectivity index (χ1) is 43.2. The second-order valence-corrected chi connectivity index (χ2v) is 27.2. The minimum atomic E-state index is 0.941. The van der Waals surface area contributed by atoms with E-state index in [-0.39, 0.29) is 0 Å². The quantitative estimate of drug-likeness (QED) is 0.0359. The zero-order chi connectivity index (χ0) is 61.7. The zero-order valence-electron chi connectivity index (χ0n) is 58.4. The summed E-state index contributed by atoms with van der Waals surface area (Å²) >= 11 is 0. The van der Waals surface area contributed by atoms with Crippen LogP contribution in [0.25, 0.3) is 11.5 Å². The van der Waals surface area contributed by atoms with Gasteiger partial charge in [-0.2, -0.15) is 0 Å². The van der Waals surface area contributed by atoms with Gasteiger partial charge in [-0.1, -0.05) is 378 Å². The molecule has 2 heteroatoms. The molecule has 2 nitrogen and oxygen atoms in total. The maximum Gasteiger partial charge on any atom is 0.215 e. The van der Waals surface area contributed by atoms with Crippen LogP contribution < -0.4 is 0 Å². The van der Waals surface area contributed by atoms with Crippen LogP contribution in [0.5, 0.6) is 0 Å². The third kappa shape index (κ3) is 43.0. The Morgan fingerprint density at radius 3 is 0.874 bits per heavy atom. The van der Waals surface area contributed by atoms with E-state index in [1.807, 2.05) is 0 Å². The first kappa shape index (κ1) is 77.8. The Bertz CT molecular complexity index is 2090. The van der Waals surface area contributed by atoms with Crippen molar-refractivity contribution in [2.45, 2.75) is 412 Å². The fourth-order valence-corrected chi connectivity index (χ4v) is 13.4. The van der Waals surface area contributed by atoms with Gasteiger partial charge in [-0.15, -0.1) is 23.7 Å². The van der Waals surface area contributed by atoms with Gasteiger partial charge in [0, 0.05) is 48.5 Å². The van der Waals surface area contributed by atoms with Crippen LogP contribution in [0.4, 0.5) is 0 Å². The summed E-state index contributed by atoms with van der Waals surface area (Å²) in [6.07, 6.45) is 87.2. The van der Waals surface area contributed by atoms with E-state index in [2.05, 4.69) is 105 Å². The van der Waals surface area contributed by atoms with Gasteiger partial charge >= 0.3 is 0 Å². The van der Waals surface area contributed by atoms with Gasteiger partial charge in [0.25, 0.3) is 0 Å². The zero-order valence-corrected chi connectivity index (χ0v) is 58.4. The van der Waals surface area contributed by atoms with Gasteiger partial charge in [-0.3, -0.25) is 0 Å². The Hall–Kier alpha value is -3.49. The van der Waals surface area contributed by atoms with Crippen LogP contribution >= 0.6 is 0 Å². The normalized spacial score (nSPS) is 12.7. The Kier molecular flexibility index (Phi) is 53.7. The van der Waals surface area contributed by atoms with Crippen LogP contribution in [0.3, 0.4) is 0 Å². The van der Waals surface area contributed by atoms with E-state index in [1.54, 1.807) is 4.68 Å². The number of aryl methyl sites for hydroxylation is 2. The lowest BCUT2D eigenvalue weighted by molar-refractivity contribution is -0.347. The van der Waals surface area contributed by atoms with Gasteiger partial charge in [0.2, 0.25) is 11.4 Å². The molecule has 1 heterocycles. The largest absolute Gasteiger partial charge is 0.448 e. The molecule has 0 fully saturated rings. The highest BCUT2D eigenvalue weighted by molar-refractivity contribution is 6.15. The molecule has 0 saturated carbocycles. The van der Waals surface area contributed by atoms with E-state index in [0.717, 1.165) is 69.2 Å². The molecular formula is C85H142N2. The highest BCUT2D eigenvalue weighted by Crippen LogP contribution is 2.33. The van der Waals surface area contributed by atoms with Gasteiger partial charge in [0.1, 0.15) is 0 Å². The molecule has 87 heavy (non-hydrogen) atoms. The maximum atomic E-state index is 9.87. The number of benzene rings is 2. The fraction of sp³-hybridized carbons (Fsp3) is 0.753. The SMILES string of the molecule is CCCCCCCCCCCCCCCCCCCC#CCCCc1ccccc1C1=CC(=CCCCCCCCCCCCCCCCCCCCC)C(c2ccccc2CCCC#CCCCCCCCCCCCCCCCCCCC)=[N+]1[NH-]. The van der Waals surface area contributed by atoms with Crippen LogP contribution in [-0.4, -0.2) is 10.4 Å². The van der Waals surface area contributed by atoms with Crippen LogP contribution in [0, 0.1) is 23.7 Å². The van der Waals surface area contributed by atoms with E-state index in [9.17, 15) is 5.84 Å². The number of nitrogens with one attached hydrogen (secondary N) is 1. The second-order valence-electron chi connectivity index (χ2n) is 27.2. The summed E-state index contributed by atoms with van der Waals surface area (Å²) in [5, 5.41) is 0. The lowest BCUT2D eigenvalue weighted by Gasteiger charge is -2.13. The van der Waals surface area contributed by atoms with Crippen molar-refractivity contribution in [2.24, 2.45) is 0 Å². The Labute approximate surface area is 543 Å². The minimum absolute atomic E-state index is 0.941. The molecular weight excluding hydrogens is 1050 g/mol. The predicted octanol–water partition coefficient (Wildman–Crippen LogP) is 28.6. The van der Waals surface area contributed by atoms with Crippen LogP contribution in [0.2, 0.25) is 0 Å². The Morgan fingerprint density at radius 1 is 0.299 bits per heavy atom. The van der Waals surface area contributed by atoms with Gasteiger partial charge in [-0.05, 0) is 74.6 Å². The number of unbranched alkanes of at least 4 members (excludes halogenated alkanes) is 54. The van der Waals surface area contributed by atoms with Gasteiger partial charge < -0.3 is 5.84 Å². The number of allylic oxidation sites excluding steroid dienone is 3. The summed E-state index contributed by atoms with van der Waals surface area (Å²) in [4.78, 5) is 0. The third-order valence-corrected chi connectivity index (χ3v) is 19.1. The summed E-state index contributed by atoms with van der Waals surface area (Å²) in [6.45, 7) is 6.93. The summed E-state index contributed by atoms with van der Waals surface area (Å²) in [5.41, 5.74) is 8.38. The van der Waals surface area contributed by atoms with Crippen molar-refractivity contribution in [3.05, 3.63) is 94.4 Å². The molecule has 1 N–H and O–H groups in total. The van der Waals surface area contributed by atoms with Crippen molar-refractivity contribution in [3.8, 4) is 23.7 Å². The highest BCUT2D eigenvalue weighted by Gasteiger charge is 2.30. The first-order valence-corrected chi connectivity index (χ1v) is 39.1. The molecule has 3 rings (SSSR count). The van der Waals surface area contributed by atoms with Crippen molar-refractivity contribution < 1.29 is 4.68 Å². The number of rotatable bonds is 61. The number of hydrogen-bond donors (Lipinski definition) is 0. The van der Waals surface area contributed by atoms with Crippen LogP contribution in [-0.2, 0) is 12.8 Å². The van der Waals surface area contributed by atoms with Crippen molar-refractivity contribution >= 4 is 11.4 Å². The van der Waals surface area contributed by atoms with Gasteiger partial charge in [0.05, 0.1) is 0 Å².